The van der Waals surface area contributed by atoms with E-state index in [4.69, 9.17) is 10.6 Å². The van der Waals surface area contributed by atoms with E-state index in [0.29, 0.717) is 0 Å². The van der Waals surface area contributed by atoms with Crippen LogP contribution in [-0.2, 0) is 9.63 Å². The van der Waals surface area contributed by atoms with Crippen molar-refractivity contribution in [3.63, 3.8) is 0 Å². The van der Waals surface area contributed by atoms with Crippen molar-refractivity contribution in [2.75, 3.05) is 6.61 Å². The molecule has 2 heterocycles. The Bertz CT molecular complexity index is 906. The maximum Gasteiger partial charge on any atom is 0.258 e. The normalized spacial score (nSPS) is 11.2. The third kappa shape index (κ3) is 4.12. The van der Waals surface area contributed by atoms with Crippen LogP contribution in [0.1, 0.15) is 10.4 Å². The number of benzene rings is 1. The molecule has 0 spiro atoms. The molecule has 2 N–H and O–H groups in total. The largest absolute Gasteiger partial charge is 0.386 e. The number of oxime groups is 1. The van der Waals surface area contributed by atoms with Crippen molar-refractivity contribution in [2.45, 2.75) is 16.7 Å². The van der Waals surface area contributed by atoms with Gasteiger partial charge in [-0.1, -0.05) is 34.6 Å². The van der Waals surface area contributed by atoms with Gasteiger partial charge >= 0.3 is 0 Å². The summed E-state index contributed by atoms with van der Waals surface area (Å²) in [5, 5.41) is 4.88. The Morgan fingerprint density at radius 2 is 2.29 bits per heavy atom. The van der Waals surface area contributed by atoms with Gasteiger partial charge in [0.2, 0.25) is 0 Å². The molecule has 0 unspecified atom stereocenters. The SMILES string of the molecule is Cc1cccc(Sc2cncc3sc(C=NOCC(N)=O)cc23)c1. The third-order valence-corrected chi connectivity index (χ3v) is 5.15. The zero-order valence-electron chi connectivity index (χ0n) is 12.9. The molecule has 1 amide bonds. The van der Waals surface area contributed by atoms with Crippen LogP contribution in [0.3, 0.4) is 0 Å². The van der Waals surface area contributed by atoms with Crippen LogP contribution in [0, 0.1) is 6.92 Å². The molecule has 0 aliphatic heterocycles. The van der Waals surface area contributed by atoms with Gasteiger partial charge in [-0.2, -0.15) is 0 Å². The van der Waals surface area contributed by atoms with Gasteiger partial charge in [0.05, 0.1) is 15.8 Å². The molecule has 122 valence electrons. The number of primary amides is 1. The van der Waals surface area contributed by atoms with Crippen molar-refractivity contribution < 1.29 is 9.63 Å². The minimum atomic E-state index is -0.551. The predicted molar refractivity (Wildman–Crippen MR) is 97.7 cm³/mol. The summed E-state index contributed by atoms with van der Waals surface area (Å²) in [6, 6.07) is 10.4. The Labute approximate surface area is 147 Å². The second-order valence-corrected chi connectivity index (χ2v) is 7.32. The molecular weight excluding hydrogens is 342 g/mol. The molecule has 24 heavy (non-hydrogen) atoms. The molecule has 5 nitrogen and oxygen atoms in total. The quantitative estimate of drug-likeness (QED) is 0.540. The highest BCUT2D eigenvalue weighted by Gasteiger charge is 2.08. The molecule has 2 aromatic heterocycles. The highest BCUT2D eigenvalue weighted by Crippen LogP contribution is 2.36. The molecule has 0 bridgehead atoms. The molecule has 0 saturated carbocycles. The van der Waals surface area contributed by atoms with Crippen molar-refractivity contribution in [2.24, 2.45) is 10.9 Å². The number of fused-ring (bicyclic) bond motifs is 1. The summed E-state index contributed by atoms with van der Waals surface area (Å²) in [5.41, 5.74) is 6.22. The standard InChI is InChI=1S/C17H15N3O2S2/c1-11-3-2-4-12(5-11)23-15-8-19-9-16-14(15)6-13(24-16)7-20-22-10-17(18)21/h2-9H,10H2,1H3,(H2,18,21). The smallest absolute Gasteiger partial charge is 0.258 e. The molecule has 3 rings (SSSR count). The summed E-state index contributed by atoms with van der Waals surface area (Å²) in [6.45, 7) is 1.85. The molecule has 0 saturated heterocycles. The van der Waals surface area contributed by atoms with Crippen molar-refractivity contribution in [3.8, 4) is 0 Å². The Morgan fingerprint density at radius 3 is 3.08 bits per heavy atom. The zero-order valence-corrected chi connectivity index (χ0v) is 14.6. The first-order chi connectivity index (χ1) is 11.6. The molecular formula is C17H15N3O2S2. The lowest BCUT2D eigenvalue weighted by Crippen LogP contribution is -2.16. The number of thiophene rings is 1. The van der Waals surface area contributed by atoms with Crippen molar-refractivity contribution in [1.29, 1.82) is 0 Å². The lowest BCUT2D eigenvalue weighted by Gasteiger charge is -2.03. The van der Waals surface area contributed by atoms with Crippen LogP contribution in [0.25, 0.3) is 10.1 Å². The molecule has 0 aliphatic carbocycles. The van der Waals surface area contributed by atoms with Gasteiger partial charge in [0.25, 0.3) is 5.91 Å². The summed E-state index contributed by atoms with van der Waals surface area (Å²) >= 11 is 3.25. The average Bonchev–Trinajstić information content (AvgIpc) is 2.95. The first-order valence-corrected chi connectivity index (χ1v) is 8.81. The number of nitrogens with two attached hydrogens (primary N) is 1. The van der Waals surface area contributed by atoms with Gasteiger partial charge in [0.15, 0.2) is 6.61 Å². The second-order valence-electron chi connectivity index (χ2n) is 5.09. The van der Waals surface area contributed by atoms with Gasteiger partial charge < -0.3 is 10.6 Å². The molecule has 3 aromatic rings. The predicted octanol–water partition coefficient (Wildman–Crippen LogP) is 3.59. The minimum absolute atomic E-state index is 0.225. The topological polar surface area (TPSA) is 77.6 Å². The van der Waals surface area contributed by atoms with Gasteiger partial charge in [-0.3, -0.25) is 9.78 Å². The van der Waals surface area contributed by atoms with Gasteiger partial charge in [0, 0.05) is 27.6 Å². The lowest BCUT2D eigenvalue weighted by molar-refractivity contribution is -0.122. The van der Waals surface area contributed by atoms with Crippen LogP contribution in [-0.4, -0.2) is 23.7 Å². The monoisotopic (exact) mass is 357 g/mol. The number of hydrogen-bond donors (Lipinski definition) is 1. The van der Waals surface area contributed by atoms with E-state index in [1.54, 1.807) is 29.3 Å². The van der Waals surface area contributed by atoms with E-state index >= 15 is 0 Å². The Hall–Kier alpha value is -2.38. The van der Waals surface area contributed by atoms with Gasteiger partial charge in [0.1, 0.15) is 0 Å². The van der Waals surface area contributed by atoms with Crippen molar-refractivity contribution in [1.82, 2.24) is 4.98 Å². The van der Waals surface area contributed by atoms with E-state index in [9.17, 15) is 4.79 Å². The Morgan fingerprint density at radius 1 is 1.42 bits per heavy atom. The number of aryl methyl sites for hydroxylation is 1. The van der Waals surface area contributed by atoms with E-state index in [1.165, 1.54) is 10.5 Å². The van der Waals surface area contributed by atoms with Crippen LogP contribution in [0.5, 0.6) is 0 Å². The number of rotatable bonds is 6. The van der Waals surface area contributed by atoms with Gasteiger partial charge in [-0.15, -0.1) is 11.3 Å². The highest BCUT2D eigenvalue weighted by molar-refractivity contribution is 7.99. The third-order valence-electron chi connectivity index (χ3n) is 3.11. The van der Waals surface area contributed by atoms with Crippen LogP contribution >= 0.6 is 23.1 Å². The van der Waals surface area contributed by atoms with E-state index < -0.39 is 5.91 Å². The van der Waals surface area contributed by atoms with E-state index in [2.05, 4.69) is 35.3 Å². The molecule has 0 fully saturated rings. The minimum Gasteiger partial charge on any atom is -0.386 e. The number of pyridine rings is 1. The van der Waals surface area contributed by atoms with Crippen LogP contribution in [0.15, 0.2) is 57.7 Å². The van der Waals surface area contributed by atoms with Crippen molar-refractivity contribution >= 4 is 45.3 Å². The Kier molecular flexibility index (Phi) is 5.12. The van der Waals surface area contributed by atoms with Gasteiger partial charge in [-0.25, -0.2) is 0 Å². The fourth-order valence-electron chi connectivity index (χ4n) is 2.10. The highest BCUT2D eigenvalue weighted by atomic mass is 32.2. The lowest BCUT2D eigenvalue weighted by atomic mass is 10.2. The number of hydrogen-bond acceptors (Lipinski definition) is 6. The molecule has 7 heteroatoms. The number of amides is 1. The summed E-state index contributed by atoms with van der Waals surface area (Å²) in [6.07, 6.45) is 5.28. The fourth-order valence-corrected chi connectivity index (χ4v) is 4.12. The zero-order chi connectivity index (χ0) is 16.9. The summed E-state index contributed by atoms with van der Waals surface area (Å²) in [4.78, 5) is 22.9. The first-order valence-electron chi connectivity index (χ1n) is 7.17. The summed E-state index contributed by atoms with van der Waals surface area (Å²) < 4.78 is 1.07. The first kappa shape index (κ1) is 16.5. The summed E-state index contributed by atoms with van der Waals surface area (Å²) in [7, 11) is 0. The number of carbonyl (C=O) groups excluding carboxylic acids is 1. The van der Waals surface area contributed by atoms with Crippen LogP contribution in [0.2, 0.25) is 0 Å². The van der Waals surface area contributed by atoms with Gasteiger partial charge in [-0.05, 0) is 25.1 Å². The number of carbonyl (C=O) groups is 1. The maximum absolute atomic E-state index is 10.6. The maximum atomic E-state index is 10.6. The van der Waals surface area contributed by atoms with Crippen LogP contribution < -0.4 is 5.73 Å². The average molecular weight is 357 g/mol. The van der Waals surface area contributed by atoms with Crippen molar-refractivity contribution in [3.05, 3.63) is 53.2 Å². The fraction of sp³-hybridized carbons (Fsp3) is 0.118. The van der Waals surface area contributed by atoms with Crippen LogP contribution in [0.4, 0.5) is 0 Å². The van der Waals surface area contributed by atoms with E-state index in [1.807, 2.05) is 24.5 Å². The summed E-state index contributed by atoms with van der Waals surface area (Å²) in [5.74, 6) is -0.551. The molecule has 0 atom stereocenters. The second kappa shape index (κ2) is 7.46. The molecule has 0 aliphatic rings. The number of nitrogens with zero attached hydrogens (tertiary/aromatic N) is 2. The molecule has 0 radical (unpaired) electrons. The van der Waals surface area contributed by atoms with E-state index in [-0.39, 0.29) is 6.61 Å². The number of aromatic nitrogens is 1. The van der Waals surface area contributed by atoms with E-state index in [0.717, 1.165) is 19.9 Å². The Balaban J connectivity index is 1.83. The molecule has 1 aromatic carbocycles.